The third-order valence-electron chi connectivity index (χ3n) is 4.03. The summed E-state index contributed by atoms with van der Waals surface area (Å²) in [5.74, 6) is 2.40. The van der Waals surface area contributed by atoms with Crippen LogP contribution in [-0.4, -0.2) is 6.10 Å². The van der Waals surface area contributed by atoms with Crippen molar-refractivity contribution in [3.8, 4) is 5.75 Å². The molecule has 0 N–H and O–H groups in total. The first-order valence-electron chi connectivity index (χ1n) is 6.34. The molecule has 1 aromatic carbocycles. The first-order chi connectivity index (χ1) is 8.26. The van der Waals surface area contributed by atoms with Crippen LogP contribution >= 0.6 is 0 Å². The Labute approximate surface area is 103 Å². The van der Waals surface area contributed by atoms with Gasteiger partial charge in [-0.2, -0.15) is 0 Å². The number of hydrogen-bond acceptors (Lipinski definition) is 1. The highest BCUT2D eigenvalue weighted by Crippen LogP contribution is 2.45. The molecule has 2 bridgehead atoms. The van der Waals surface area contributed by atoms with Crippen LogP contribution in [0.2, 0.25) is 0 Å². The molecule has 1 nitrogen and oxygen atoms in total. The van der Waals surface area contributed by atoms with Gasteiger partial charge in [-0.15, -0.1) is 0 Å². The lowest BCUT2D eigenvalue weighted by Crippen LogP contribution is -2.23. The molecule has 0 aliphatic heterocycles. The zero-order chi connectivity index (χ0) is 11.8. The van der Waals surface area contributed by atoms with E-state index in [1.807, 2.05) is 18.2 Å². The van der Waals surface area contributed by atoms with Gasteiger partial charge < -0.3 is 4.74 Å². The maximum atomic E-state index is 6.10. The van der Waals surface area contributed by atoms with Crippen LogP contribution in [0.15, 0.2) is 42.5 Å². The van der Waals surface area contributed by atoms with Crippen molar-refractivity contribution in [1.29, 1.82) is 0 Å². The molecule has 0 amide bonds. The molecule has 88 valence electrons. The van der Waals surface area contributed by atoms with Gasteiger partial charge in [0.1, 0.15) is 11.9 Å². The van der Waals surface area contributed by atoms with Crippen LogP contribution in [0.3, 0.4) is 0 Å². The largest absolute Gasteiger partial charge is 0.490 e. The molecular formula is C16H18O. The zero-order valence-corrected chi connectivity index (χ0v) is 10.2. The lowest BCUT2D eigenvalue weighted by atomic mass is 9.97. The summed E-state index contributed by atoms with van der Waals surface area (Å²) in [5.41, 5.74) is 2.66. The van der Waals surface area contributed by atoms with Gasteiger partial charge in [0.15, 0.2) is 0 Å². The minimum atomic E-state index is 0.389. The Morgan fingerprint density at radius 1 is 1.24 bits per heavy atom. The molecule has 17 heavy (non-hydrogen) atoms. The second kappa shape index (κ2) is 4.06. The second-order valence-electron chi connectivity index (χ2n) is 5.18. The third-order valence-corrected chi connectivity index (χ3v) is 4.03. The molecule has 0 heterocycles. The molecule has 3 rings (SSSR count). The average molecular weight is 226 g/mol. The maximum absolute atomic E-state index is 6.10. The summed E-state index contributed by atoms with van der Waals surface area (Å²) >= 11 is 0. The van der Waals surface area contributed by atoms with E-state index < -0.39 is 0 Å². The molecule has 2 aliphatic carbocycles. The molecule has 3 atom stereocenters. The summed E-state index contributed by atoms with van der Waals surface area (Å²) in [4.78, 5) is 0. The van der Waals surface area contributed by atoms with Crippen molar-refractivity contribution in [1.82, 2.24) is 0 Å². The van der Waals surface area contributed by atoms with Gasteiger partial charge in [0.25, 0.3) is 0 Å². The van der Waals surface area contributed by atoms with Gasteiger partial charge in [0, 0.05) is 5.92 Å². The highest BCUT2D eigenvalue weighted by molar-refractivity contribution is 5.48. The lowest BCUT2D eigenvalue weighted by molar-refractivity contribution is 0.169. The molecule has 0 saturated heterocycles. The quantitative estimate of drug-likeness (QED) is 0.706. The standard InChI is InChI=1S/C16H18O/c1-3-12-4-6-14(7-5-12)17-16-10-13-8-11(2)15(16)9-13/h3-8,13,15-16H,1,9-10H2,2H3. The van der Waals surface area contributed by atoms with E-state index >= 15 is 0 Å². The van der Waals surface area contributed by atoms with Gasteiger partial charge in [0.05, 0.1) is 0 Å². The van der Waals surface area contributed by atoms with E-state index in [1.165, 1.54) is 18.4 Å². The van der Waals surface area contributed by atoms with Crippen LogP contribution in [0.1, 0.15) is 25.3 Å². The topological polar surface area (TPSA) is 9.23 Å². The van der Waals surface area contributed by atoms with Gasteiger partial charge in [-0.25, -0.2) is 0 Å². The lowest BCUT2D eigenvalue weighted by Gasteiger charge is -2.23. The molecule has 1 heteroatoms. The van der Waals surface area contributed by atoms with Gasteiger partial charge in [-0.05, 0) is 43.4 Å². The van der Waals surface area contributed by atoms with Crippen molar-refractivity contribution in [3.05, 3.63) is 48.1 Å². The highest BCUT2D eigenvalue weighted by Gasteiger charge is 2.40. The third kappa shape index (κ3) is 1.90. The molecule has 0 aromatic heterocycles. The van der Waals surface area contributed by atoms with E-state index in [0.717, 1.165) is 17.2 Å². The number of ether oxygens (including phenoxy) is 1. The number of benzene rings is 1. The van der Waals surface area contributed by atoms with Crippen LogP contribution in [0.5, 0.6) is 5.75 Å². The molecule has 1 aromatic rings. The van der Waals surface area contributed by atoms with Gasteiger partial charge in [-0.3, -0.25) is 0 Å². The van der Waals surface area contributed by atoms with E-state index in [4.69, 9.17) is 4.74 Å². The van der Waals surface area contributed by atoms with Crippen LogP contribution in [-0.2, 0) is 0 Å². The van der Waals surface area contributed by atoms with Gasteiger partial charge in [0.2, 0.25) is 0 Å². The second-order valence-corrected chi connectivity index (χ2v) is 5.18. The Morgan fingerprint density at radius 3 is 2.59 bits per heavy atom. The molecule has 1 fully saturated rings. The summed E-state index contributed by atoms with van der Waals surface area (Å²) in [5, 5.41) is 0. The molecular weight excluding hydrogens is 208 g/mol. The summed E-state index contributed by atoms with van der Waals surface area (Å²) in [7, 11) is 0. The van der Waals surface area contributed by atoms with E-state index in [0.29, 0.717) is 12.0 Å². The first-order valence-corrected chi connectivity index (χ1v) is 6.34. The molecule has 2 aliphatic rings. The van der Waals surface area contributed by atoms with Crippen LogP contribution in [0, 0.1) is 11.8 Å². The van der Waals surface area contributed by atoms with E-state index in [2.05, 4.69) is 31.7 Å². The predicted octanol–water partition coefficient (Wildman–Crippen LogP) is 4.06. The van der Waals surface area contributed by atoms with Gasteiger partial charge >= 0.3 is 0 Å². The summed E-state index contributed by atoms with van der Waals surface area (Å²) in [6.45, 7) is 5.99. The highest BCUT2D eigenvalue weighted by atomic mass is 16.5. The Kier molecular flexibility index (Phi) is 2.54. The van der Waals surface area contributed by atoms with Crippen LogP contribution in [0.4, 0.5) is 0 Å². The van der Waals surface area contributed by atoms with E-state index in [9.17, 15) is 0 Å². The summed E-state index contributed by atoms with van der Waals surface area (Å²) in [6, 6.07) is 8.20. The SMILES string of the molecule is C=Cc1ccc(OC2CC3C=C(C)C2C3)cc1. The molecule has 1 saturated carbocycles. The smallest absolute Gasteiger partial charge is 0.119 e. The Balaban J connectivity index is 1.71. The first kappa shape index (κ1) is 10.6. The fraction of sp³-hybridized carbons (Fsp3) is 0.375. The number of allylic oxidation sites excluding steroid dienone is 1. The average Bonchev–Trinajstić information content (AvgIpc) is 2.88. The number of rotatable bonds is 3. The maximum Gasteiger partial charge on any atom is 0.119 e. The predicted molar refractivity (Wildman–Crippen MR) is 70.9 cm³/mol. The van der Waals surface area contributed by atoms with E-state index in [1.54, 1.807) is 0 Å². The normalized spacial score (nSPS) is 30.2. The fourth-order valence-electron chi connectivity index (χ4n) is 3.13. The van der Waals surface area contributed by atoms with Crippen molar-refractivity contribution >= 4 is 6.08 Å². The summed E-state index contributed by atoms with van der Waals surface area (Å²) in [6.07, 6.45) is 7.14. The van der Waals surface area contributed by atoms with E-state index in [-0.39, 0.29) is 0 Å². The minimum Gasteiger partial charge on any atom is -0.490 e. The monoisotopic (exact) mass is 226 g/mol. The van der Waals surface area contributed by atoms with Crippen molar-refractivity contribution in [2.45, 2.75) is 25.9 Å². The van der Waals surface area contributed by atoms with Crippen molar-refractivity contribution in [2.75, 3.05) is 0 Å². The fourth-order valence-corrected chi connectivity index (χ4v) is 3.13. The summed E-state index contributed by atoms with van der Waals surface area (Å²) < 4.78 is 6.10. The van der Waals surface area contributed by atoms with Crippen molar-refractivity contribution in [2.24, 2.45) is 11.8 Å². The Bertz CT molecular complexity index is 455. The molecule has 0 radical (unpaired) electrons. The molecule has 3 unspecified atom stereocenters. The van der Waals surface area contributed by atoms with Crippen molar-refractivity contribution in [3.63, 3.8) is 0 Å². The van der Waals surface area contributed by atoms with Gasteiger partial charge in [-0.1, -0.05) is 36.4 Å². The number of fused-ring (bicyclic) bond motifs is 2. The van der Waals surface area contributed by atoms with Crippen LogP contribution < -0.4 is 4.74 Å². The minimum absolute atomic E-state index is 0.389. The zero-order valence-electron chi connectivity index (χ0n) is 10.2. The molecule has 0 spiro atoms. The Morgan fingerprint density at radius 2 is 2.00 bits per heavy atom. The van der Waals surface area contributed by atoms with Crippen molar-refractivity contribution < 1.29 is 4.74 Å². The number of hydrogen-bond donors (Lipinski definition) is 0. The van der Waals surface area contributed by atoms with Crippen LogP contribution in [0.25, 0.3) is 6.08 Å². The Hall–Kier alpha value is -1.50.